The molecule has 13 heteroatoms. The van der Waals surface area contributed by atoms with E-state index < -0.39 is 11.0 Å². The van der Waals surface area contributed by atoms with Gasteiger partial charge in [0.25, 0.3) is 5.69 Å². The van der Waals surface area contributed by atoms with Crippen LogP contribution in [0.1, 0.15) is 5.56 Å². The van der Waals surface area contributed by atoms with Crippen molar-refractivity contribution < 1.29 is 29.0 Å². The molecular formula is C23H20ClN5O7. The summed E-state index contributed by atoms with van der Waals surface area (Å²) in [6.45, 7) is -0.103. The number of hydrogen-bond donors (Lipinski definition) is 1. The largest absolute Gasteiger partial charge is 0.497 e. The smallest absolute Gasteiger partial charge is 0.413 e. The summed E-state index contributed by atoms with van der Waals surface area (Å²) in [5.74, 6) is 1.21. The second kappa shape index (κ2) is 9.96. The fourth-order valence-electron chi connectivity index (χ4n) is 3.69. The molecular weight excluding hydrogens is 494 g/mol. The molecule has 1 N–H and O–H groups in total. The number of amides is 1. The van der Waals surface area contributed by atoms with Crippen molar-refractivity contribution in [1.82, 2.24) is 14.8 Å². The van der Waals surface area contributed by atoms with Gasteiger partial charge in [-0.15, -0.1) is 5.10 Å². The minimum Gasteiger partial charge on any atom is -0.497 e. The fraction of sp³-hybridized carbons (Fsp3) is 0.174. The van der Waals surface area contributed by atoms with Crippen molar-refractivity contribution in [3.8, 4) is 22.9 Å². The SMILES string of the molecule is COc1ccc(CN(C(=O)O)c2nn(-c3ccc([N+](=O)[O-])cc3OC)c3cc(Cl)ncc23)c(OC)c1. The lowest BCUT2D eigenvalue weighted by atomic mass is 10.1. The summed E-state index contributed by atoms with van der Waals surface area (Å²) in [5, 5.41) is 26.4. The van der Waals surface area contributed by atoms with Crippen molar-refractivity contribution >= 4 is 40.1 Å². The molecule has 0 aliphatic carbocycles. The Labute approximate surface area is 209 Å². The number of nitro groups is 1. The number of ether oxygens (including phenoxy) is 3. The van der Waals surface area contributed by atoms with E-state index in [2.05, 4.69) is 10.1 Å². The molecule has 2 heterocycles. The fourth-order valence-corrected chi connectivity index (χ4v) is 3.85. The molecule has 2 aromatic heterocycles. The van der Waals surface area contributed by atoms with Gasteiger partial charge >= 0.3 is 6.09 Å². The number of fused-ring (bicyclic) bond motifs is 1. The molecule has 4 aromatic rings. The number of carboxylic acid groups (broad SMARTS) is 1. The minimum absolute atomic E-state index is 0.0694. The standard InChI is InChI=1S/C23H20ClN5O7/c1-34-15-6-4-13(19(9-15)35-2)12-27(23(30)31)22-16-11-25-21(24)10-18(16)28(26-22)17-7-5-14(29(32)33)8-20(17)36-3/h4-11H,12H2,1-3H3,(H,30,31). The number of nitro benzene ring substituents is 1. The lowest BCUT2D eigenvalue weighted by Crippen LogP contribution is -2.29. The second-order valence-electron chi connectivity index (χ2n) is 7.42. The lowest BCUT2D eigenvalue weighted by Gasteiger charge is -2.19. The highest BCUT2D eigenvalue weighted by atomic mass is 35.5. The molecule has 0 bridgehead atoms. The Hall–Kier alpha value is -4.58. The van der Waals surface area contributed by atoms with Gasteiger partial charge in [0.15, 0.2) is 11.6 Å². The van der Waals surface area contributed by atoms with E-state index in [-0.39, 0.29) is 29.0 Å². The number of methoxy groups -OCH3 is 3. The number of nitrogens with zero attached hydrogens (tertiary/aromatic N) is 5. The van der Waals surface area contributed by atoms with E-state index in [4.69, 9.17) is 25.8 Å². The van der Waals surface area contributed by atoms with Gasteiger partial charge in [0, 0.05) is 30.0 Å². The third-order valence-electron chi connectivity index (χ3n) is 5.42. The molecule has 4 rings (SSSR count). The van der Waals surface area contributed by atoms with Crippen molar-refractivity contribution in [3.63, 3.8) is 0 Å². The molecule has 0 unspecified atom stereocenters. The predicted octanol–water partition coefficient (Wildman–Crippen LogP) is 4.69. The molecule has 0 fully saturated rings. The van der Waals surface area contributed by atoms with Crippen molar-refractivity contribution in [2.24, 2.45) is 0 Å². The van der Waals surface area contributed by atoms with Crippen LogP contribution in [-0.2, 0) is 6.54 Å². The van der Waals surface area contributed by atoms with E-state index in [1.807, 2.05) is 0 Å². The van der Waals surface area contributed by atoms with Gasteiger partial charge in [-0.2, -0.15) is 0 Å². The second-order valence-corrected chi connectivity index (χ2v) is 7.81. The van der Waals surface area contributed by atoms with Crippen LogP contribution in [0.25, 0.3) is 16.6 Å². The van der Waals surface area contributed by atoms with Crippen molar-refractivity contribution in [3.05, 3.63) is 69.5 Å². The average molecular weight is 514 g/mol. The van der Waals surface area contributed by atoms with E-state index in [0.29, 0.717) is 33.7 Å². The minimum atomic E-state index is -1.27. The molecule has 36 heavy (non-hydrogen) atoms. The Morgan fingerprint density at radius 3 is 2.50 bits per heavy atom. The summed E-state index contributed by atoms with van der Waals surface area (Å²) < 4.78 is 17.4. The molecule has 0 spiro atoms. The van der Waals surface area contributed by atoms with E-state index in [1.165, 1.54) is 56.5 Å². The zero-order valence-electron chi connectivity index (χ0n) is 19.3. The molecule has 0 aliphatic rings. The van der Waals surface area contributed by atoms with Gasteiger partial charge in [-0.3, -0.25) is 15.0 Å². The van der Waals surface area contributed by atoms with Gasteiger partial charge in [-0.05, 0) is 18.2 Å². The summed E-state index contributed by atoms with van der Waals surface area (Å²) >= 11 is 6.14. The highest BCUT2D eigenvalue weighted by molar-refractivity contribution is 6.30. The molecule has 2 aromatic carbocycles. The summed E-state index contributed by atoms with van der Waals surface area (Å²) in [4.78, 5) is 28.2. The topological polar surface area (TPSA) is 142 Å². The number of non-ortho nitro benzene ring substituents is 1. The summed E-state index contributed by atoms with van der Waals surface area (Å²) in [5.41, 5.74) is 1.16. The van der Waals surface area contributed by atoms with Gasteiger partial charge in [-0.25, -0.2) is 14.5 Å². The predicted molar refractivity (Wildman–Crippen MR) is 131 cm³/mol. The number of hydrogen-bond acceptors (Lipinski definition) is 8. The number of halogens is 1. The van der Waals surface area contributed by atoms with Gasteiger partial charge < -0.3 is 19.3 Å². The van der Waals surface area contributed by atoms with Crippen molar-refractivity contribution in [2.45, 2.75) is 6.54 Å². The maximum absolute atomic E-state index is 12.4. The van der Waals surface area contributed by atoms with Crippen LogP contribution in [0, 0.1) is 10.1 Å². The van der Waals surface area contributed by atoms with Crippen LogP contribution in [0.2, 0.25) is 5.15 Å². The normalized spacial score (nSPS) is 10.8. The first kappa shape index (κ1) is 24.5. The van der Waals surface area contributed by atoms with E-state index in [9.17, 15) is 20.0 Å². The maximum Gasteiger partial charge on any atom is 0.413 e. The number of aromatic nitrogens is 3. The number of carbonyl (C=O) groups is 1. The highest BCUT2D eigenvalue weighted by Crippen LogP contribution is 2.35. The first-order chi connectivity index (χ1) is 17.3. The van der Waals surface area contributed by atoms with Gasteiger partial charge in [0.1, 0.15) is 22.3 Å². The third-order valence-corrected chi connectivity index (χ3v) is 5.63. The van der Waals surface area contributed by atoms with E-state index in [1.54, 1.807) is 18.2 Å². The Kier molecular flexibility index (Phi) is 6.79. The van der Waals surface area contributed by atoms with Crippen LogP contribution in [0.4, 0.5) is 16.3 Å². The number of benzene rings is 2. The molecule has 186 valence electrons. The molecule has 0 aliphatic heterocycles. The summed E-state index contributed by atoms with van der Waals surface area (Å²) in [7, 11) is 4.35. The summed E-state index contributed by atoms with van der Waals surface area (Å²) in [6, 6.07) is 10.6. The van der Waals surface area contributed by atoms with E-state index in [0.717, 1.165) is 4.90 Å². The molecule has 0 atom stereocenters. The van der Waals surface area contributed by atoms with E-state index >= 15 is 0 Å². The highest BCUT2D eigenvalue weighted by Gasteiger charge is 2.26. The van der Waals surface area contributed by atoms with Crippen LogP contribution in [-0.4, -0.2) is 52.2 Å². The summed E-state index contributed by atoms with van der Waals surface area (Å²) in [6.07, 6.45) is 0.139. The monoisotopic (exact) mass is 513 g/mol. The third kappa shape index (κ3) is 4.53. The Morgan fingerprint density at radius 1 is 1.11 bits per heavy atom. The van der Waals surface area contributed by atoms with Crippen LogP contribution in [0.5, 0.6) is 17.2 Å². The van der Waals surface area contributed by atoms with Crippen LogP contribution in [0.15, 0.2) is 48.7 Å². The molecule has 0 saturated heterocycles. The first-order valence-corrected chi connectivity index (χ1v) is 10.7. The Morgan fingerprint density at radius 2 is 1.86 bits per heavy atom. The molecule has 12 nitrogen and oxygen atoms in total. The first-order valence-electron chi connectivity index (χ1n) is 10.4. The zero-order chi connectivity index (χ0) is 26.0. The lowest BCUT2D eigenvalue weighted by molar-refractivity contribution is -0.384. The Balaban J connectivity index is 1.89. The number of anilines is 1. The maximum atomic E-state index is 12.4. The zero-order valence-corrected chi connectivity index (χ0v) is 20.1. The van der Waals surface area contributed by atoms with Crippen LogP contribution in [0.3, 0.4) is 0 Å². The van der Waals surface area contributed by atoms with Crippen molar-refractivity contribution in [1.29, 1.82) is 0 Å². The molecule has 0 saturated carbocycles. The quantitative estimate of drug-likeness (QED) is 0.201. The van der Waals surface area contributed by atoms with Gasteiger partial charge in [-0.1, -0.05) is 11.6 Å². The van der Waals surface area contributed by atoms with Gasteiger partial charge in [0.05, 0.1) is 49.8 Å². The average Bonchev–Trinajstić information content (AvgIpc) is 3.24. The van der Waals surface area contributed by atoms with Crippen LogP contribution < -0.4 is 19.1 Å². The number of rotatable bonds is 8. The van der Waals surface area contributed by atoms with Crippen molar-refractivity contribution in [2.75, 3.05) is 26.2 Å². The van der Waals surface area contributed by atoms with Crippen LogP contribution >= 0.6 is 11.6 Å². The molecule has 1 amide bonds. The van der Waals surface area contributed by atoms with Gasteiger partial charge in [0.2, 0.25) is 0 Å². The number of pyridine rings is 1. The Bertz CT molecular complexity index is 1470. The molecule has 0 radical (unpaired) electrons.